The van der Waals surface area contributed by atoms with E-state index in [1.54, 1.807) is 4.57 Å². The summed E-state index contributed by atoms with van der Waals surface area (Å²) in [6, 6.07) is 26.0. The van der Waals surface area contributed by atoms with Crippen LogP contribution in [0.3, 0.4) is 0 Å². The molecule has 0 amide bonds. The molecule has 0 aliphatic carbocycles. The van der Waals surface area contributed by atoms with Gasteiger partial charge in [0.25, 0.3) is 0 Å². The lowest BCUT2D eigenvalue weighted by Crippen LogP contribution is -2.26. The van der Waals surface area contributed by atoms with Gasteiger partial charge in [0.05, 0.1) is 12.2 Å². The van der Waals surface area contributed by atoms with E-state index in [9.17, 15) is 9.90 Å². The Bertz CT molecular complexity index is 1500. The van der Waals surface area contributed by atoms with Gasteiger partial charge in [0.1, 0.15) is 0 Å². The zero-order valence-corrected chi connectivity index (χ0v) is 20.4. The number of nitrogens with two attached hydrogens (primary N) is 1. The zero-order valence-electron chi connectivity index (χ0n) is 20.4. The van der Waals surface area contributed by atoms with Crippen LogP contribution in [0, 0.1) is 0 Å². The number of aromatic nitrogens is 6. The molecule has 0 aliphatic rings. The molecule has 0 unspecified atom stereocenters. The Labute approximate surface area is 214 Å². The van der Waals surface area contributed by atoms with Crippen molar-refractivity contribution in [3.63, 3.8) is 0 Å². The summed E-state index contributed by atoms with van der Waals surface area (Å²) in [6.45, 7) is 1.19. The zero-order chi connectivity index (χ0) is 25.6. The smallest absolute Gasteiger partial charge is 0.331 e. The molecule has 4 N–H and O–H groups in total. The number of hydrogen-bond acceptors (Lipinski definition) is 6. The first-order valence-corrected chi connectivity index (χ1v) is 12.3. The summed E-state index contributed by atoms with van der Waals surface area (Å²) in [5.74, 6) is 0.559. The Hall–Kier alpha value is -4.50. The van der Waals surface area contributed by atoms with Gasteiger partial charge >= 0.3 is 5.69 Å². The molecule has 0 fully saturated rings. The summed E-state index contributed by atoms with van der Waals surface area (Å²) in [7, 11) is 0. The van der Waals surface area contributed by atoms with Crippen molar-refractivity contribution in [2.75, 3.05) is 6.54 Å². The van der Waals surface area contributed by atoms with Gasteiger partial charge in [0.15, 0.2) is 0 Å². The second-order valence-electron chi connectivity index (χ2n) is 8.90. The molecule has 0 saturated carbocycles. The van der Waals surface area contributed by atoms with Crippen molar-refractivity contribution in [2.24, 2.45) is 5.73 Å². The molecular formula is C28H29N7O2. The summed E-state index contributed by atoms with van der Waals surface area (Å²) in [6.07, 6.45) is 1.89. The minimum absolute atomic E-state index is 0.0278. The van der Waals surface area contributed by atoms with Crippen LogP contribution in [0.15, 0.2) is 83.7 Å². The fourth-order valence-corrected chi connectivity index (χ4v) is 4.57. The third-order valence-corrected chi connectivity index (χ3v) is 6.50. The van der Waals surface area contributed by atoms with Crippen molar-refractivity contribution in [2.45, 2.75) is 32.4 Å². The van der Waals surface area contributed by atoms with E-state index in [1.807, 2.05) is 66.7 Å². The molecule has 0 aliphatic heterocycles. The van der Waals surface area contributed by atoms with E-state index in [2.05, 4.69) is 32.8 Å². The van der Waals surface area contributed by atoms with Crippen LogP contribution < -0.4 is 11.4 Å². The van der Waals surface area contributed by atoms with Crippen LogP contribution in [0.1, 0.15) is 23.2 Å². The number of tetrazole rings is 1. The number of hydrogen-bond donors (Lipinski definition) is 3. The average Bonchev–Trinajstić information content (AvgIpc) is 3.55. The fraction of sp³-hybridized carbons (Fsp3) is 0.214. The second kappa shape index (κ2) is 11.0. The molecule has 2 heterocycles. The highest BCUT2D eigenvalue weighted by molar-refractivity contribution is 5.80. The van der Waals surface area contributed by atoms with E-state index in [0.717, 1.165) is 34.2 Å². The van der Waals surface area contributed by atoms with E-state index < -0.39 is 0 Å². The van der Waals surface area contributed by atoms with Crippen molar-refractivity contribution in [3.05, 3.63) is 106 Å². The number of aromatic amines is 1. The molecule has 5 aromatic rings. The maximum Gasteiger partial charge on any atom is 0.331 e. The van der Waals surface area contributed by atoms with Crippen molar-refractivity contribution in [1.82, 2.24) is 29.8 Å². The summed E-state index contributed by atoms with van der Waals surface area (Å²) in [5.41, 5.74) is 11.1. The number of H-pyrrole nitrogens is 1. The Morgan fingerprint density at radius 2 is 1.57 bits per heavy atom. The van der Waals surface area contributed by atoms with Crippen LogP contribution in [-0.4, -0.2) is 41.4 Å². The van der Waals surface area contributed by atoms with E-state index in [4.69, 9.17) is 5.73 Å². The Kier molecular flexibility index (Phi) is 7.23. The van der Waals surface area contributed by atoms with E-state index in [1.165, 1.54) is 4.57 Å². The Morgan fingerprint density at radius 1 is 0.838 bits per heavy atom. The largest absolute Gasteiger partial charge is 0.493 e. The number of aromatic hydroxyl groups is 1. The van der Waals surface area contributed by atoms with Gasteiger partial charge < -0.3 is 10.8 Å². The van der Waals surface area contributed by atoms with Crippen molar-refractivity contribution in [3.8, 4) is 28.4 Å². The normalized spacial score (nSPS) is 11.2. The van der Waals surface area contributed by atoms with E-state index >= 15 is 0 Å². The lowest BCUT2D eigenvalue weighted by Gasteiger charge is -2.10. The molecule has 2 aromatic heterocycles. The molecule has 188 valence electrons. The second-order valence-corrected chi connectivity index (χ2v) is 8.90. The topological polar surface area (TPSA) is 128 Å². The van der Waals surface area contributed by atoms with E-state index in [-0.39, 0.29) is 11.6 Å². The lowest BCUT2D eigenvalue weighted by atomic mass is 9.98. The van der Waals surface area contributed by atoms with Crippen LogP contribution in [0.5, 0.6) is 5.88 Å². The first-order chi connectivity index (χ1) is 18.2. The molecule has 9 nitrogen and oxygen atoms in total. The number of nitrogens with zero attached hydrogens (tertiary/aromatic N) is 5. The standard InChI is InChI=1S/C28H29N7O2/c29-17-6-18-34-27(36)25(16-13-20-7-2-1-3-8-20)35(28(34)37)19-21-11-14-22(15-12-21)23-9-4-5-10-24(23)26-30-32-33-31-26/h1-5,7-12,14-15,36H,6,13,16-19,29H2,(H,30,31,32,33). The number of rotatable bonds is 10. The summed E-state index contributed by atoms with van der Waals surface area (Å²) in [5, 5.41) is 25.4. The maximum absolute atomic E-state index is 13.3. The van der Waals surface area contributed by atoms with Gasteiger partial charge in [0.2, 0.25) is 11.7 Å². The van der Waals surface area contributed by atoms with Crippen LogP contribution in [0.2, 0.25) is 0 Å². The average molecular weight is 496 g/mol. The Morgan fingerprint density at radius 3 is 2.27 bits per heavy atom. The van der Waals surface area contributed by atoms with Crippen LogP contribution in [0.4, 0.5) is 0 Å². The maximum atomic E-state index is 13.3. The molecule has 37 heavy (non-hydrogen) atoms. The molecule has 0 bridgehead atoms. The number of nitrogens with one attached hydrogen (secondary N) is 1. The van der Waals surface area contributed by atoms with Gasteiger partial charge in [-0.05, 0) is 53.3 Å². The van der Waals surface area contributed by atoms with Gasteiger partial charge in [-0.25, -0.2) is 4.79 Å². The third kappa shape index (κ3) is 5.22. The first-order valence-electron chi connectivity index (χ1n) is 12.3. The molecule has 3 aromatic carbocycles. The highest BCUT2D eigenvalue weighted by Gasteiger charge is 2.19. The highest BCUT2D eigenvalue weighted by atomic mass is 16.3. The molecule has 0 radical (unpaired) electrons. The molecular weight excluding hydrogens is 466 g/mol. The predicted molar refractivity (Wildman–Crippen MR) is 142 cm³/mol. The van der Waals surface area contributed by atoms with E-state index in [0.29, 0.717) is 44.0 Å². The monoisotopic (exact) mass is 495 g/mol. The highest BCUT2D eigenvalue weighted by Crippen LogP contribution is 2.30. The molecule has 0 atom stereocenters. The minimum Gasteiger partial charge on any atom is -0.493 e. The fourth-order valence-electron chi connectivity index (χ4n) is 4.57. The van der Waals surface area contributed by atoms with Gasteiger partial charge in [0, 0.05) is 12.1 Å². The molecule has 5 rings (SSSR count). The third-order valence-electron chi connectivity index (χ3n) is 6.50. The summed E-state index contributed by atoms with van der Waals surface area (Å²) < 4.78 is 3.11. The van der Waals surface area contributed by atoms with Crippen LogP contribution in [0.25, 0.3) is 22.5 Å². The lowest BCUT2D eigenvalue weighted by molar-refractivity contribution is 0.405. The SMILES string of the molecule is NCCCn1c(O)c(CCc2ccccc2)n(Cc2ccc(-c3ccccc3-c3nn[nH]n3)cc2)c1=O. The predicted octanol–water partition coefficient (Wildman–Crippen LogP) is 3.38. The van der Waals surface area contributed by atoms with Crippen LogP contribution >= 0.6 is 0 Å². The quantitative estimate of drug-likeness (QED) is 0.273. The Balaban J connectivity index is 1.43. The molecule has 0 saturated heterocycles. The van der Waals surface area contributed by atoms with Gasteiger partial charge in [-0.1, -0.05) is 78.9 Å². The van der Waals surface area contributed by atoms with Crippen molar-refractivity contribution in [1.29, 1.82) is 0 Å². The number of imidazole rings is 1. The summed E-state index contributed by atoms with van der Waals surface area (Å²) in [4.78, 5) is 13.3. The van der Waals surface area contributed by atoms with Crippen molar-refractivity contribution < 1.29 is 5.11 Å². The first kappa shape index (κ1) is 24.2. The number of benzene rings is 3. The molecule has 9 heteroatoms. The molecule has 0 spiro atoms. The van der Waals surface area contributed by atoms with Gasteiger partial charge in [-0.2, -0.15) is 5.21 Å². The van der Waals surface area contributed by atoms with Gasteiger partial charge in [-0.3, -0.25) is 9.13 Å². The minimum atomic E-state index is -0.222. The van der Waals surface area contributed by atoms with Crippen molar-refractivity contribution >= 4 is 0 Å². The number of aryl methyl sites for hydroxylation is 1. The van der Waals surface area contributed by atoms with Gasteiger partial charge in [-0.15, -0.1) is 10.2 Å². The van der Waals surface area contributed by atoms with Crippen LogP contribution in [-0.2, 0) is 25.9 Å². The summed E-state index contributed by atoms with van der Waals surface area (Å²) >= 11 is 0.